The zero-order chi connectivity index (χ0) is 17.9. The Kier molecular flexibility index (Phi) is 4.36. The number of hydrogen-bond acceptors (Lipinski definition) is 7. The highest BCUT2D eigenvalue weighted by atomic mass is 32.2. The van der Waals surface area contributed by atoms with Crippen LogP contribution in [-0.2, 0) is 11.4 Å². The number of thioether (sulfide) groups is 1. The first-order valence-electron chi connectivity index (χ1n) is 7.76. The number of ether oxygens (including phenoxy) is 1. The van der Waals surface area contributed by atoms with E-state index in [1.54, 1.807) is 12.1 Å². The van der Waals surface area contributed by atoms with E-state index in [0.29, 0.717) is 22.3 Å². The summed E-state index contributed by atoms with van der Waals surface area (Å²) in [4.78, 5) is 29.2. The highest BCUT2D eigenvalue weighted by Gasteiger charge is 2.34. The molecule has 4 rings (SSSR count). The van der Waals surface area contributed by atoms with E-state index in [0.717, 1.165) is 5.01 Å². The van der Waals surface area contributed by atoms with E-state index < -0.39 is 5.91 Å². The van der Waals surface area contributed by atoms with Crippen molar-refractivity contribution in [3.63, 3.8) is 0 Å². The summed E-state index contributed by atoms with van der Waals surface area (Å²) in [6.45, 7) is 0.0744. The van der Waals surface area contributed by atoms with Gasteiger partial charge in [0.25, 0.3) is 11.8 Å². The van der Waals surface area contributed by atoms with Gasteiger partial charge in [0.2, 0.25) is 5.16 Å². The molecule has 1 aromatic carbocycles. The summed E-state index contributed by atoms with van der Waals surface area (Å²) in [7, 11) is 0. The second kappa shape index (κ2) is 6.96. The maximum Gasteiger partial charge on any atom is 0.280 e. The Morgan fingerprint density at radius 2 is 1.88 bits per heavy atom. The van der Waals surface area contributed by atoms with Gasteiger partial charge in [-0.1, -0.05) is 30.0 Å². The Balaban J connectivity index is 1.65. The Morgan fingerprint density at radius 1 is 1.12 bits per heavy atom. The Bertz CT molecular complexity index is 946. The number of rotatable bonds is 4. The second-order valence-corrected chi connectivity index (χ2v) is 6.29. The van der Waals surface area contributed by atoms with Crippen LogP contribution in [0.4, 0.5) is 0 Å². The lowest BCUT2D eigenvalue weighted by Gasteiger charge is -2.27. The third-order valence-electron chi connectivity index (χ3n) is 3.67. The molecule has 0 fully saturated rings. The number of carbonyl (C=O) groups is 2. The van der Waals surface area contributed by atoms with E-state index in [4.69, 9.17) is 4.74 Å². The topological polar surface area (TPSA) is 90.2 Å². The molecular weight excluding hydrogens is 354 g/mol. The fourth-order valence-electron chi connectivity index (χ4n) is 2.46. The normalized spacial score (nSPS) is 13.4. The van der Waals surface area contributed by atoms with Crippen LogP contribution >= 0.6 is 11.8 Å². The van der Waals surface area contributed by atoms with Crippen molar-refractivity contribution in [1.29, 1.82) is 0 Å². The minimum Gasteiger partial charge on any atom is -0.486 e. The fraction of sp³-hybridized carbons (Fsp3) is 0.118. The summed E-state index contributed by atoms with van der Waals surface area (Å²) < 4.78 is 7.11. The van der Waals surface area contributed by atoms with Crippen LogP contribution in [0.3, 0.4) is 0 Å². The summed E-state index contributed by atoms with van der Waals surface area (Å²) in [6, 6.07) is 12.3. The van der Waals surface area contributed by atoms with Crippen LogP contribution in [0.25, 0.3) is 0 Å². The van der Waals surface area contributed by atoms with Crippen molar-refractivity contribution < 1.29 is 14.3 Å². The fourth-order valence-corrected chi connectivity index (χ4v) is 3.24. The Labute approximate surface area is 152 Å². The van der Waals surface area contributed by atoms with E-state index in [-0.39, 0.29) is 18.3 Å². The molecule has 0 aliphatic carbocycles. The summed E-state index contributed by atoms with van der Waals surface area (Å²) in [5, 5.41) is 9.68. The molecule has 2 amide bonds. The molecule has 9 heteroatoms. The molecule has 3 heterocycles. The first-order valence-corrected chi connectivity index (χ1v) is 8.75. The standard InChI is InChI=1S/C17H13N5O3S/c23-15-11-26-17-20-19-14(10-25-13-4-2-1-3-5-13)21(17)22(15)16(24)12-6-8-18-9-7-12/h1-9H,10-11H2. The van der Waals surface area contributed by atoms with Gasteiger partial charge >= 0.3 is 0 Å². The number of hydrogen-bond donors (Lipinski definition) is 0. The van der Waals surface area contributed by atoms with E-state index in [9.17, 15) is 9.59 Å². The van der Waals surface area contributed by atoms with Gasteiger partial charge in [0.05, 0.1) is 5.75 Å². The SMILES string of the molecule is O=C1CSc2nnc(COc3ccccc3)n2N1C(=O)c1ccncc1. The average Bonchev–Trinajstić information content (AvgIpc) is 3.10. The van der Waals surface area contributed by atoms with Crippen molar-refractivity contribution in [3.8, 4) is 5.75 Å². The molecule has 3 aromatic rings. The Morgan fingerprint density at radius 3 is 2.65 bits per heavy atom. The molecular formula is C17H13N5O3S. The molecule has 26 heavy (non-hydrogen) atoms. The first-order chi connectivity index (χ1) is 12.7. The summed E-state index contributed by atoms with van der Waals surface area (Å²) in [6.07, 6.45) is 3.01. The molecule has 1 aliphatic heterocycles. The minimum atomic E-state index is -0.459. The molecule has 130 valence electrons. The van der Waals surface area contributed by atoms with Gasteiger partial charge in [-0.15, -0.1) is 10.2 Å². The van der Waals surface area contributed by atoms with E-state index >= 15 is 0 Å². The van der Waals surface area contributed by atoms with E-state index in [1.807, 2.05) is 30.3 Å². The van der Waals surface area contributed by atoms with Crippen LogP contribution in [-0.4, -0.2) is 37.4 Å². The number of carbonyl (C=O) groups excluding carboxylic acids is 2. The number of fused-ring (bicyclic) bond motifs is 1. The summed E-state index contributed by atoms with van der Waals surface area (Å²) >= 11 is 1.23. The van der Waals surface area contributed by atoms with Crippen LogP contribution < -0.4 is 9.75 Å². The largest absolute Gasteiger partial charge is 0.486 e. The highest BCUT2D eigenvalue weighted by Crippen LogP contribution is 2.25. The number of aromatic nitrogens is 4. The number of imide groups is 1. The monoisotopic (exact) mass is 367 g/mol. The molecule has 0 saturated heterocycles. The molecule has 0 N–H and O–H groups in total. The summed E-state index contributed by atoms with van der Waals surface area (Å²) in [5.41, 5.74) is 0.356. The number of benzene rings is 1. The maximum atomic E-state index is 12.8. The molecule has 1 aliphatic rings. The van der Waals surface area contributed by atoms with Gasteiger partial charge in [-0.3, -0.25) is 14.6 Å². The second-order valence-electron chi connectivity index (χ2n) is 5.35. The molecule has 0 radical (unpaired) electrons. The van der Waals surface area contributed by atoms with Crippen molar-refractivity contribution in [2.24, 2.45) is 0 Å². The van der Waals surface area contributed by atoms with Crippen LogP contribution in [0.15, 0.2) is 60.0 Å². The van der Waals surface area contributed by atoms with Gasteiger partial charge in [0, 0.05) is 18.0 Å². The third-order valence-corrected chi connectivity index (χ3v) is 4.57. The first kappa shape index (κ1) is 16.3. The molecule has 0 saturated carbocycles. The lowest BCUT2D eigenvalue weighted by atomic mass is 10.2. The van der Waals surface area contributed by atoms with Crippen LogP contribution in [0.1, 0.15) is 16.2 Å². The predicted molar refractivity (Wildman–Crippen MR) is 93.3 cm³/mol. The van der Waals surface area contributed by atoms with Crippen molar-refractivity contribution >= 4 is 23.6 Å². The van der Waals surface area contributed by atoms with Gasteiger partial charge in [0.1, 0.15) is 12.4 Å². The zero-order valence-corrected chi connectivity index (χ0v) is 14.3. The lowest BCUT2D eigenvalue weighted by Crippen LogP contribution is -2.49. The maximum absolute atomic E-state index is 12.8. The average molecular weight is 367 g/mol. The van der Waals surface area contributed by atoms with Gasteiger partial charge < -0.3 is 4.74 Å². The van der Waals surface area contributed by atoms with Crippen molar-refractivity contribution in [3.05, 3.63) is 66.2 Å². The smallest absolute Gasteiger partial charge is 0.280 e. The van der Waals surface area contributed by atoms with Crippen LogP contribution in [0.5, 0.6) is 5.75 Å². The molecule has 0 spiro atoms. The van der Waals surface area contributed by atoms with Crippen LogP contribution in [0, 0.1) is 0 Å². The summed E-state index contributed by atoms with van der Waals surface area (Å²) in [5.74, 6) is 0.345. The van der Waals surface area contributed by atoms with Gasteiger partial charge in [0.15, 0.2) is 5.82 Å². The molecule has 2 aromatic heterocycles. The number of amides is 2. The lowest BCUT2D eigenvalue weighted by molar-refractivity contribution is -0.117. The predicted octanol–water partition coefficient (Wildman–Crippen LogP) is 1.66. The highest BCUT2D eigenvalue weighted by molar-refractivity contribution is 7.99. The van der Waals surface area contributed by atoms with Crippen LogP contribution in [0.2, 0.25) is 0 Å². The molecule has 0 atom stereocenters. The van der Waals surface area contributed by atoms with Gasteiger partial charge in [-0.05, 0) is 24.3 Å². The number of para-hydroxylation sites is 1. The molecule has 0 bridgehead atoms. The number of nitrogens with zero attached hydrogens (tertiary/aromatic N) is 5. The van der Waals surface area contributed by atoms with Crippen molar-refractivity contribution in [2.75, 3.05) is 10.8 Å². The van der Waals surface area contributed by atoms with Crippen molar-refractivity contribution in [1.82, 2.24) is 19.9 Å². The number of pyridine rings is 1. The van der Waals surface area contributed by atoms with Crippen molar-refractivity contribution in [2.45, 2.75) is 11.8 Å². The van der Waals surface area contributed by atoms with E-state index in [2.05, 4.69) is 15.2 Å². The quantitative estimate of drug-likeness (QED) is 0.648. The van der Waals surface area contributed by atoms with Gasteiger partial charge in [-0.25, -0.2) is 0 Å². The third kappa shape index (κ3) is 3.04. The molecule has 8 nitrogen and oxygen atoms in total. The zero-order valence-electron chi connectivity index (χ0n) is 13.5. The van der Waals surface area contributed by atoms with E-state index in [1.165, 1.54) is 28.8 Å². The Hall–Kier alpha value is -3.20. The molecule has 0 unspecified atom stereocenters. The minimum absolute atomic E-state index is 0.0744. The van der Waals surface area contributed by atoms with Gasteiger partial charge in [-0.2, -0.15) is 9.69 Å².